The zero-order chi connectivity index (χ0) is 16.5. The number of carbonyl (C=O) groups excluding carboxylic acids is 2. The molecule has 22 heavy (non-hydrogen) atoms. The summed E-state index contributed by atoms with van der Waals surface area (Å²) in [7, 11) is 1.37. The van der Waals surface area contributed by atoms with E-state index in [1.807, 2.05) is 38.3 Å². The molecule has 0 aliphatic rings. The standard InChI is InChI=1S/C16H24N2O3S/c1-11-5-6-13(9-12(11)2)18-15(19)10-17-14(7-8-22-4)16(20)21-3/h5-6,9,14,17H,7-8,10H2,1-4H3,(H,18,19)/p+1/t14-/m1/s1. The molecule has 0 aliphatic heterocycles. The number of methoxy groups -OCH3 is 1. The Bertz CT molecular complexity index is 520. The zero-order valence-electron chi connectivity index (χ0n) is 13.6. The molecule has 0 radical (unpaired) electrons. The summed E-state index contributed by atoms with van der Waals surface area (Å²) in [5, 5.41) is 4.59. The van der Waals surface area contributed by atoms with E-state index in [0.717, 1.165) is 17.0 Å². The van der Waals surface area contributed by atoms with Gasteiger partial charge in [0.1, 0.15) is 0 Å². The van der Waals surface area contributed by atoms with Gasteiger partial charge in [0.25, 0.3) is 5.91 Å². The maximum atomic E-state index is 12.0. The highest BCUT2D eigenvalue weighted by molar-refractivity contribution is 7.98. The number of ether oxygens (including phenoxy) is 1. The average Bonchev–Trinajstić information content (AvgIpc) is 2.50. The van der Waals surface area contributed by atoms with E-state index in [9.17, 15) is 9.59 Å². The highest BCUT2D eigenvalue weighted by Gasteiger charge is 2.23. The van der Waals surface area contributed by atoms with Crippen LogP contribution < -0.4 is 10.6 Å². The molecular weight excluding hydrogens is 300 g/mol. The summed E-state index contributed by atoms with van der Waals surface area (Å²) in [6, 6.07) is 5.47. The van der Waals surface area contributed by atoms with Crippen LogP contribution >= 0.6 is 11.8 Å². The maximum absolute atomic E-state index is 12.0. The molecule has 0 spiro atoms. The van der Waals surface area contributed by atoms with E-state index < -0.39 is 0 Å². The first-order chi connectivity index (χ1) is 10.5. The minimum Gasteiger partial charge on any atom is -0.465 e. The Morgan fingerprint density at radius 3 is 2.64 bits per heavy atom. The molecule has 0 unspecified atom stereocenters. The molecule has 1 aromatic rings. The predicted octanol–water partition coefficient (Wildman–Crippen LogP) is 1.10. The topological polar surface area (TPSA) is 72.0 Å². The normalized spacial score (nSPS) is 11.8. The number of aryl methyl sites for hydroxylation is 2. The van der Waals surface area contributed by atoms with Crippen LogP contribution in [0.3, 0.4) is 0 Å². The number of hydrogen-bond acceptors (Lipinski definition) is 4. The van der Waals surface area contributed by atoms with E-state index >= 15 is 0 Å². The van der Waals surface area contributed by atoms with Crippen molar-refractivity contribution in [2.24, 2.45) is 0 Å². The molecule has 1 rings (SSSR count). The van der Waals surface area contributed by atoms with Crippen molar-refractivity contribution in [1.29, 1.82) is 0 Å². The van der Waals surface area contributed by atoms with E-state index in [2.05, 4.69) is 5.32 Å². The van der Waals surface area contributed by atoms with Crippen LogP contribution in [0.25, 0.3) is 0 Å². The van der Waals surface area contributed by atoms with E-state index in [1.54, 1.807) is 17.1 Å². The fourth-order valence-corrected chi connectivity index (χ4v) is 2.50. The number of anilines is 1. The number of amides is 1. The number of carbonyl (C=O) groups is 2. The summed E-state index contributed by atoms with van der Waals surface area (Å²) in [5.74, 6) is 0.448. The summed E-state index contributed by atoms with van der Waals surface area (Å²) in [5.41, 5.74) is 3.10. The molecule has 0 saturated carbocycles. The molecule has 0 heterocycles. The Hall–Kier alpha value is -1.53. The summed E-state index contributed by atoms with van der Waals surface area (Å²) in [6.45, 7) is 4.23. The summed E-state index contributed by atoms with van der Waals surface area (Å²) in [6.07, 6.45) is 2.67. The Labute approximate surface area is 136 Å². The fraction of sp³-hybridized carbons (Fsp3) is 0.500. The van der Waals surface area contributed by atoms with Crippen LogP contribution in [0.2, 0.25) is 0 Å². The van der Waals surface area contributed by atoms with Crippen molar-refractivity contribution in [2.45, 2.75) is 26.3 Å². The highest BCUT2D eigenvalue weighted by Crippen LogP contribution is 2.13. The van der Waals surface area contributed by atoms with E-state index in [1.165, 1.54) is 12.7 Å². The lowest BCUT2D eigenvalue weighted by Gasteiger charge is -2.13. The molecule has 0 aliphatic carbocycles. The monoisotopic (exact) mass is 325 g/mol. The molecule has 0 aromatic heterocycles. The molecule has 0 saturated heterocycles. The quantitative estimate of drug-likeness (QED) is 0.702. The van der Waals surface area contributed by atoms with Gasteiger partial charge in [0.05, 0.1) is 7.11 Å². The molecule has 1 aromatic carbocycles. The lowest BCUT2D eigenvalue weighted by molar-refractivity contribution is -0.667. The van der Waals surface area contributed by atoms with Gasteiger partial charge in [0, 0.05) is 12.1 Å². The number of quaternary nitrogens is 1. The van der Waals surface area contributed by atoms with Gasteiger partial charge in [-0.1, -0.05) is 6.07 Å². The first kappa shape index (κ1) is 18.5. The van der Waals surface area contributed by atoms with Crippen LogP contribution in [0.5, 0.6) is 0 Å². The van der Waals surface area contributed by atoms with Crippen molar-refractivity contribution < 1.29 is 19.6 Å². The third kappa shape index (κ3) is 6.07. The molecule has 5 nitrogen and oxygen atoms in total. The lowest BCUT2D eigenvalue weighted by atomic mass is 10.1. The first-order valence-electron chi connectivity index (χ1n) is 7.25. The van der Waals surface area contributed by atoms with Gasteiger partial charge in [-0.15, -0.1) is 0 Å². The van der Waals surface area contributed by atoms with Crippen LogP contribution in [0, 0.1) is 13.8 Å². The predicted molar refractivity (Wildman–Crippen MR) is 90.1 cm³/mol. The van der Waals surface area contributed by atoms with Gasteiger partial charge in [0.2, 0.25) is 0 Å². The van der Waals surface area contributed by atoms with Crippen molar-refractivity contribution in [1.82, 2.24) is 0 Å². The van der Waals surface area contributed by atoms with E-state index in [0.29, 0.717) is 6.42 Å². The molecule has 0 bridgehead atoms. The number of esters is 1. The summed E-state index contributed by atoms with van der Waals surface area (Å²) >= 11 is 1.67. The van der Waals surface area contributed by atoms with Crippen molar-refractivity contribution in [3.8, 4) is 0 Å². The van der Waals surface area contributed by atoms with E-state index in [4.69, 9.17) is 4.74 Å². The second-order valence-electron chi connectivity index (χ2n) is 5.20. The highest BCUT2D eigenvalue weighted by atomic mass is 32.2. The smallest absolute Gasteiger partial charge is 0.364 e. The summed E-state index contributed by atoms with van der Waals surface area (Å²) < 4.78 is 4.78. The molecule has 3 N–H and O–H groups in total. The van der Waals surface area contributed by atoms with Crippen LogP contribution in [0.4, 0.5) is 5.69 Å². The van der Waals surface area contributed by atoms with Gasteiger partial charge >= 0.3 is 5.97 Å². The Morgan fingerprint density at radius 2 is 2.05 bits per heavy atom. The lowest BCUT2D eigenvalue weighted by Crippen LogP contribution is -2.93. The van der Waals surface area contributed by atoms with Crippen LogP contribution in [-0.4, -0.2) is 43.6 Å². The van der Waals surface area contributed by atoms with E-state index in [-0.39, 0.29) is 24.5 Å². The summed E-state index contributed by atoms with van der Waals surface area (Å²) in [4.78, 5) is 23.7. The maximum Gasteiger partial charge on any atom is 0.364 e. The number of nitrogens with two attached hydrogens (primary N) is 1. The molecule has 122 valence electrons. The van der Waals surface area contributed by atoms with Gasteiger partial charge in [-0.25, -0.2) is 4.79 Å². The minimum absolute atomic E-state index is 0.124. The number of benzene rings is 1. The van der Waals surface area contributed by atoms with Crippen molar-refractivity contribution in [3.63, 3.8) is 0 Å². The third-order valence-electron chi connectivity index (χ3n) is 3.52. The molecular formula is C16H25N2O3S+. The second-order valence-corrected chi connectivity index (χ2v) is 6.18. The van der Waals surface area contributed by atoms with Gasteiger partial charge in [-0.2, -0.15) is 11.8 Å². The van der Waals surface area contributed by atoms with Crippen LogP contribution in [0.15, 0.2) is 18.2 Å². The van der Waals surface area contributed by atoms with Gasteiger partial charge < -0.3 is 15.4 Å². The number of hydrogen-bond donors (Lipinski definition) is 2. The Balaban J connectivity index is 2.52. The Kier molecular flexibility index (Phi) is 7.98. The first-order valence-corrected chi connectivity index (χ1v) is 8.64. The second kappa shape index (κ2) is 9.48. The number of nitrogens with one attached hydrogen (secondary N) is 1. The van der Waals surface area contributed by atoms with Gasteiger partial charge in [-0.05, 0) is 49.1 Å². The van der Waals surface area contributed by atoms with Crippen molar-refractivity contribution in [3.05, 3.63) is 29.3 Å². The average molecular weight is 325 g/mol. The van der Waals surface area contributed by atoms with Crippen molar-refractivity contribution in [2.75, 3.05) is 31.0 Å². The third-order valence-corrected chi connectivity index (χ3v) is 4.16. The van der Waals surface area contributed by atoms with Gasteiger partial charge in [0.15, 0.2) is 12.6 Å². The molecule has 1 amide bonds. The fourth-order valence-electron chi connectivity index (χ4n) is 2.01. The van der Waals surface area contributed by atoms with Crippen LogP contribution in [0.1, 0.15) is 17.5 Å². The molecule has 0 fully saturated rings. The van der Waals surface area contributed by atoms with Gasteiger partial charge in [-0.3, -0.25) is 4.79 Å². The Morgan fingerprint density at radius 1 is 1.32 bits per heavy atom. The zero-order valence-corrected chi connectivity index (χ0v) is 14.5. The SMILES string of the molecule is COC(=O)[C@@H](CCSC)[NH2+]CC(=O)Nc1ccc(C)c(C)c1. The number of thioether (sulfide) groups is 1. The molecule has 1 atom stereocenters. The van der Waals surface area contributed by atoms with Crippen molar-refractivity contribution >= 4 is 29.3 Å². The van der Waals surface area contributed by atoms with Crippen LogP contribution in [-0.2, 0) is 14.3 Å². The molecule has 6 heteroatoms. The largest absolute Gasteiger partial charge is 0.465 e. The minimum atomic E-state index is -0.331. The number of rotatable bonds is 8.